The van der Waals surface area contributed by atoms with E-state index in [1.165, 1.54) is 0 Å². The predicted molar refractivity (Wildman–Crippen MR) is 122 cm³/mol. The van der Waals surface area contributed by atoms with Crippen molar-refractivity contribution in [2.75, 3.05) is 21.3 Å². The van der Waals surface area contributed by atoms with Gasteiger partial charge in [-0.3, -0.25) is 4.79 Å². The Hall–Kier alpha value is -3.58. The van der Waals surface area contributed by atoms with Crippen LogP contribution in [0, 0.1) is 0 Å². The summed E-state index contributed by atoms with van der Waals surface area (Å²) >= 11 is 1.63. The number of thiophene rings is 1. The lowest BCUT2D eigenvalue weighted by molar-refractivity contribution is 0.0787. The normalized spacial score (nSPS) is 10.7. The van der Waals surface area contributed by atoms with Crippen LogP contribution in [0.5, 0.6) is 11.5 Å². The van der Waals surface area contributed by atoms with E-state index in [2.05, 4.69) is 0 Å². The minimum absolute atomic E-state index is 0.115. The van der Waals surface area contributed by atoms with Crippen LogP contribution in [0.4, 0.5) is 0 Å². The van der Waals surface area contributed by atoms with Gasteiger partial charge in [-0.25, -0.2) is 4.68 Å². The van der Waals surface area contributed by atoms with E-state index in [1.54, 1.807) is 48.4 Å². The van der Waals surface area contributed by atoms with Crippen molar-refractivity contribution in [2.45, 2.75) is 6.54 Å². The lowest BCUT2D eigenvalue weighted by atomic mass is 10.1. The van der Waals surface area contributed by atoms with Gasteiger partial charge in [0, 0.05) is 23.7 Å². The van der Waals surface area contributed by atoms with Crippen molar-refractivity contribution >= 4 is 17.2 Å². The highest BCUT2D eigenvalue weighted by atomic mass is 32.1. The number of amides is 1. The Morgan fingerprint density at radius 2 is 1.87 bits per heavy atom. The Labute approximate surface area is 185 Å². The Bertz CT molecular complexity index is 1170. The van der Waals surface area contributed by atoms with Crippen LogP contribution in [-0.2, 0) is 6.54 Å². The van der Waals surface area contributed by atoms with Crippen molar-refractivity contribution in [3.05, 3.63) is 82.7 Å². The molecule has 1 amide bonds. The zero-order valence-corrected chi connectivity index (χ0v) is 18.4. The van der Waals surface area contributed by atoms with Gasteiger partial charge >= 0.3 is 0 Å². The molecule has 0 aliphatic carbocycles. The Morgan fingerprint density at radius 3 is 2.55 bits per heavy atom. The molecule has 0 fully saturated rings. The number of methoxy groups -OCH3 is 2. The second-order valence-corrected chi connectivity index (χ2v) is 8.01. The summed E-state index contributed by atoms with van der Waals surface area (Å²) in [4.78, 5) is 16.3. The first-order valence-electron chi connectivity index (χ1n) is 9.76. The molecule has 2 heterocycles. The lowest BCUT2D eigenvalue weighted by Gasteiger charge is -2.16. The summed E-state index contributed by atoms with van der Waals surface area (Å²) in [5, 5.41) is 6.78. The van der Waals surface area contributed by atoms with E-state index < -0.39 is 0 Å². The van der Waals surface area contributed by atoms with Crippen LogP contribution >= 0.6 is 11.3 Å². The number of carbonyl (C=O) groups is 1. The number of rotatable bonds is 7. The summed E-state index contributed by atoms with van der Waals surface area (Å²) in [5.41, 5.74) is 2.60. The third-order valence-electron chi connectivity index (χ3n) is 4.95. The monoisotopic (exact) mass is 433 g/mol. The van der Waals surface area contributed by atoms with Gasteiger partial charge in [-0.05, 0) is 41.8 Å². The smallest absolute Gasteiger partial charge is 0.257 e. The van der Waals surface area contributed by atoms with Gasteiger partial charge in [-0.2, -0.15) is 5.10 Å². The van der Waals surface area contributed by atoms with E-state index in [0.717, 1.165) is 10.6 Å². The van der Waals surface area contributed by atoms with Crippen LogP contribution in [0.1, 0.15) is 15.2 Å². The van der Waals surface area contributed by atoms with Gasteiger partial charge in [0.25, 0.3) is 5.91 Å². The summed E-state index contributed by atoms with van der Waals surface area (Å²) < 4.78 is 12.7. The largest absolute Gasteiger partial charge is 0.497 e. The van der Waals surface area contributed by atoms with Crippen molar-refractivity contribution in [3.8, 4) is 28.4 Å². The summed E-state index contributed by atoms with van der Waals surface area (Å²) in [6, 6.07) is 19.2. The van der Waals surface area contributed by atoms with Gasteiger partial charge < -0.3 is 14.4 Å². The zero-order chi connectivity index (χ0) is 21.8. The summed E-state index contributed by atoms with van der Waals surface area (Å²) in [7, 11) is 5.01. The van der Waals surface area contributed by atoms with Crippen LogP contribution in [0.25, 0.3) is 16.9 Å². The van der Waals surface area contributed by atoms with Crippen LogP contribution in [-0.4, -0.2) is 41.9 Å². The molecule has 31 heavy (non-hydrogen) atoms. The number of hydrogen-bond acceptors (Lipinski definition) is 5. The van der Waals surface area contributed by atoms with E-state index in [4.69, 9.17) is 14.6 Å². The first-order chi connectivity index (χ1) is 15.1. The molecule has 7 heteroatoms. The Balaban J connectivity index is 1.82. The molecule has 0 atom stereocenters. The molecule has 0 radical (unpaired) electrons. The van der Waals surface area contributed by atoms with E-state index in [-0.39, 0.29) is 5.91 Å². The minimum atomic E-state index is -0.115. The average molecular weight is 434 g/mol. The van der Waals surface area contributed by atoms with Crippen molar-refractivity contribution in [3.63, 3.8) is 0 Å². The molecular formula is C24H23N3O3S. The van der Waals surface area contributed by atoms with E-state index in [9.17, 15) is 4.79 Å². The fraction of sp³-hybridized carbons (Fsp3) is 0.167. The molecule has 158 valence electrons. The van der Waals surface area contributed by atoms with Gasteiger partial charge in [0.1, 0.15) is 17.2 Å². The van der Waals surface area contributed by atoms with Crippen LogP contribution < -0.4 is 9.47 Å². The maximum absolute atomic E-state index is 13.5. The molecule has 0 spiro atoms. The molecule has 0 aliphatic rings. The fourth-order valence-corrected chi connectivity index (χ4v) is 4.11. The Kier molecular flexibility index (Phi) is 6.04. The zero-order valence-electron chi connectivity index (χ0n) is 17.6. The minimum Gasteiger partial charge on any atom is -0.497 e. The average Bonchev–Trinajstić information content (AvgIpc) is 3.49. The SMILES string of the molecule is COc1ccc(OC)c(-c2nn(-c3ccccc3)cc2C(=O)N(C)Cc2cccs2)c1. The predicted octanol–water partition coefficient (Wildman–Crippen LogP) is 4.89. The van der Waals surface area contributed by atoms with Crippen LogP contribution in [0.2, 0.25) is 0 Å². The van der Waals surface area contributed by atoms with E-state index >= 15 is 0 Å². The number of benzene rings is 2. The molecule has 4 rings (SSSR count). The molecule has 0 N–H and O–H groups in total. The molecule has 4 aromatic rings. The van der Waals surface area contributed by atoms with Crippen LogP contribution in [0.15, 0.2) is 72.2 Å². The molecule has 2 aromatic heterocycles. The van der Waals surface area contributed by atoms with E-state index in [1.807, 2.05) is 66.0 Å². The third-order valence-corrected chi connectivity index (χ3v) is 5.81. The van der Waals surface area contributed by atoms with Gasteiger partial charge in [0.2, 0.25) is 0 Å². The highest BCUT2D eigenvalue weighted by Gasteiger charge is 2.24. The Morgan fingerprint density at radius 1 is 1.06 bits per heavy atom. The number of hydrogen-bond donors (Lipinski definition) is 0. The lowest BCUT2D eigenvalue weighted by Crippen LogP contribution is -2.26. The first kappa shape index (κ1) is 20.7. The molecular weight excluding hydrogens is 410 g/mol. The second-order valence-electron chi connectivity index (χ2n) is 6.98. The summed E-state index contributed by atoms with van der Waals surface area (Å²) in [6.45, 7) is 0.529. The van der Waals surface area contributed by atoms with E-state index in [0.29, 0.717) is 34.9 Å². The molecule has 0 saturated heterocycles. The summed E-state index contributed by atoms with van der Waals surface area (Å²) in [5.74, 6) is 1.17. The number of nitrogens with zero attached hydrogens (tertiary/aromatic N) is 3. The number of aromatic nitrogens is 2. The van der Waals surface area contributed by atoms with Crippen molar-refractivity contribution in [1.82, 2.24) is 14.7 Å². The van der Waals surface area contributed by atoms with Crippen molar-refractivity contribution in [2.24, 2.45) is 0 Å². The molecule has 0 bridgehead atoms. The second kappa shape index (κ2) is 9.06. The van der Waals surface area contributed by atoms with Gasteiger partial charge in [0.05, 0.1) is 32.0 Å². The van der Waals surface area contributed by atoms with Gasteiger partial charge in [-0.1, -0.05) is 24.3 Å². The topological polar surface area (TPSA) is 56.6 Å². The van der Waals surface area contributed by atoms with Gasteiger partial charge in [-0.15, -0.1) is 11.3 Å². The standard InChI is InChI=1S/C24H23N3O3S/c1-26(15-19-10-7-13-31-19)24(28)21-16-27(17-8-5-4-6-9-17)25-23(21)20-14-18(29-2)11-12-22(20)30-3/h4-14,16H,15H2,1-3H3. The van der Waals surface area contributed by atoms with Gasteiger partial charge in [0.15, 0.2) is 0 Å². The van der Waals surface area contributed by atoms with Crippen LogP contribution in [0.3, 0.4) is 0 Å². The molecule has 0 aliphatic heterocycles. The molecule has 6 nitrogen and oxygen atoms in total. The number of carbonyl (C=O) groups excluding carboxylic acids is 1. The third kappa shape index (κ3) is 4.32. The fourth-order valence-electron chi connectivity index (χ4n) is 3.36. The maximum Gasteiger partial charge on any atom is 0.257 e. The highest BCUT2D eigenvalue weighted by Crippen LogP contribution is 2.35. The maximum atomic E-state index is 13.5. The quantitative estimate of drug-likeness (QED) is 0.416. The molecule has 0 unspecified atom stereocenters. The number of ether oxygens (including phenoxy) is 2. The highest BCUT2D eigenvalue weighted by molar-refractivity contribution is 7.09. The van der Waals surface area contributed by atoms with Crippen molar-refractivity contribution < 1.29 is 14.3 Å². The molecule has 2 aromatic carbocycles. The first-order valence-corrected chi connectivity index (χ1v) is 10.6. The summed E-state index contributed by atoms with van der Waals surface area (Å²) in [6.07, 6.45) is 1.77. The van der Waals surface area contributed by atoms with Crippen molar-refractivity contribution in [1.29, 1.82) is 0 Å². The molecule has 0 saturated carbocycles. The number of para-hydroxylation sites is 1.